The van der Waals surface area contributed by atoms with E-state index in [-0.39, 0.29) is 6.04 Å². The Morgan fingerprint density at radius 1 is 1.25 bits per heavy atom. The van der Waals surface area contributed by atoms with Gasteiger partial charge in [0, 0.05) is 33.7 Å². The van der Waals surface area contributed by atoms with Crippen molar-refractivity contribution in [3.05, 3.63) is 49.3 Å². The first-order valence-electron chi connectivity index (χ1n) is 4.76. The molecule has 0 saturated heterocycles. The highest BCUT2D eigenvalue weighted by Crippen LogP contribution is 2.27. The van der Waals surface area contributed by atoms with Crippen LogP contribution in [0.15, 0.2) is 38.7 Å². The van der Waals surface area contributed by atoms with Crippen molar-refractivity contribution in [1.82, 2.24) is 4.98 Å². The van der Waals surface area contributed by atoms with Crippen molar-refractivity contribution < 1.29 is 0 Å². The number of thiophene rings is 1. The molecule has 2 N–H and O–H groups in total. The lowest BCUT2D eigenvalue weighted by Crippen LogP contribution is -2.12. The molecule has 5 heteroatoms. The number of hydrogen-bond donors (Lipinski definition) is 1. The van der Waals surface area contributed by atoms with Gasteiger partial charge in [-0.05, 0) is 56.1 Å². The molecule has 0 fully saturated rings. The Balaban J connectivity index is 2.07. The van der Waals surface area contributed by atoms with E-state index in [1.54, 1.807) is 17.5 Å². The maximum absolute atomic E-state index is 6.12. The quantitative estimate of drug-likeness (QED) is 0.899. The van der Waals surface area contributed by atoms with E-state index < -0.39 is 0 Å². The number of hydrogen-bond acceptors (Lipinski definition) is 3. The smallest absolute Gasteiger partial charge is 0.0701 e. The van der Waals surface area contributed by atoms with Gasteiger partial charge < -0.3 is 5.73 Å². The third-order valence-electron chi connectivity index (χ3n) is 2.18. The summed E-state index contributed by atoms with van der Waals surface area (Å²) < 4.78 is 2.10. The van der Waals surface area contributed by atoms with E-state index in [0.717, 1.165) is 20.4 Å². The molecule has 0 amide bonds. The molecule has 0 saturated carbocycles. The van der Waals surface area contributed by atoms with Gasteiger partial charge >= 0.3 is 0 Å². The van der Waals surface area contributed by atoms with Crippen LogP contribution in [0, 0.1) is 0 Å². The summed E-state index contributed by atoms with van der Waals surface area (Å²) in [4.78, 5) is 5.49. The predicted molar refractivity (Wildman–Crippen MR) is 74.6 cm³/mol. The Hall–Kier alpha value is -0.230. The number of nitrogens with zero attached hydrogens (tertiary/aromatic N) is 1. The van der Waals surface area contributed by atoms with Crippen molar-refractivity contribution in [3.63, 3.8) is 0 Å². The number of pyridine rings is 1. The van der Waals surface area contributed by atoms with Crippen LogP contribution < -0.4 is 5.73 Å². The van der Waals surface area contributed by atoms with Gasteiger partial charge in [0.05, 0.1) is 3.79 Å². The van der Waals surface area contributed by atoms with Gasteiger partial charge in [0.15, 0.2) is 0 Å². The molecule has 0 aliphatic carbocycles. The van der Waals surface area contributed by atoms with Gasteiger partial charge in [-0.15, -0.1) is 11.3 Å². The summed E-state index contributed by atoms with van der Waals surface area (Å²) in [6.45, 7) is 0. The zero-order valence-corrected chi connectivity index (χ0v) is 12.3. The van der Waals surface area contributed by atoms with Gasteiger partial charge in [0.25, 0.3) is 0 Å². The fourth-order valence-corrected chi connectivity index (χ4v) is 3.04. The van der Waals surface area contributed by atoms with Crippen LogP contribution in [0.4, 0.5) is 0 Å². The van der Waals surface area contributed by atoms with Crippen LogP contribution in [-0.4, -0.2) is 4.98 Å². The van der Waals surface area contributed by atoms with Crippen molar-refractivity contribution in [2.45, 2.75) is 12.5 Å². The Kier molecular flexibility index (Phi) is 4.13. The van der Waals surface area contributed by atoms with Crippen molar-refractivity contribution in [3.8, 4) is 0 Å². The molecule has 1 unspecified atom stereocenters. The van der Waals surface area contributed by atoms with Crippen LogP contribution in [0.3, 0.4) is 0 Å². The molecule has 0 bridgehead atoms. The predicted octanol–water partition coefficient (Wildman–Crippen LogP) is 3.91. The van der Waals surface area contributed by atoms with E-state index in [1.807, 2.05) is 18.2 Å². The van der Waals surface area contributed by atoms with E-state index >= 15 is 0 Å². The highest BCUT2D eigenvalue weighted by atomic mass is 79.9. The van der Waals surface area contributed by atoms with Gasteiger partial charge in [-0.2, -0.15) is 0 Å². The lowest BCUT2D eigenvalue weighted by Gasteiger charge is -2.08. The minimum Gasteiger partial charge on any atom is -0.323 e. The van der Waals surface area contributed by atoms with Crippen LogP contribution in [0.25, 0.3) is 0 Å². The Morgan fingerprint density at radius 3 is 2.62 bits per heavy atom. The largest absolute Gasteiger partial charge is 0.323 e. The van der Waals surface area contributed by atoms with Crippen LogP contribution in [0.2, 0.25) is 0 Å². The monoisotopic (exact) mass is 360 g/mol. The maximum atomic E-state index is 6.12. The zero-order chi connectivity index (χ0) is 11.5. The van der Waals surface area contributed by atoms with Gasteiger partial charge in [0.2, 0.25) is 0 Å². The Morgan fingerprint density at radius 2 is 2.06 bits per heavy atom. The first kappa shape index (κ1) is 12.2. The molecular formula is C11H10Br2N2S. The molecule has 2 nitrogen and oxygen atoms in total. The van der Waals surface area contributed by atoms with E-state index in [4.69, 9.17) is 5.73 Å². The van der Waals surface area contributed by atoms with Gasteiger partial charge in [0.1, 0.15) is 0 Å². The minimum absolute atomic E-state index is 0.0185. The molecule has 1 atom stereocenters. The summed E-state index contributed by atoms with van der Waals surface area (Å²) in [5, 5.41) is 0. The molecule has 0 radical (unpaired) electrons. The number of halogens is 2. The first-order chi connectivity index (χ1) is 7.65. The summed E-state index contributed by atoms with van der Waals surface area (Å²) in [5.41, 5.74) is 7.13. The fraction of sp³-hybridized carbons (Fsp3) is 0.182. The topological polar surface area (TPSA) is 38.9 Å². The molecular weight excluding hydrogens is 352 g/mol. The second-order valence-corrected chi connectivity index (χ2v) is 6.83. The standard InChI is InChI=1S/C11H10Br2N2S/c12-7-1-2-8(15-6-7)5-9(14)10-3-4-11(13)16-10/h1-4,6,9H,5,14H2. The molecule has 0 spiro atoms. The summed E-state index contributed by atoms with van der Waals surface area (Å²) in [6.07, 6.45) is 2.56. The summed E-state index contributed by atoms with van der Waals surface area (Å²) >= 11 is 8.47. The molecule has 16 heavy (non-hydrogen) atoms. The molecule has 84 valence electrons. The number of rotatable bonds is 3. The van der Waals surface area contributed by atoms with Crippen LogP contribution in [0.1, 0.15) is 16.6 Å². The van der Waals surface area contributed by atoms with Crippen LogP contribution in [-0.2, 0) is 6.42 Å². The van der Waals surface area contributed by atoms with Gasteiger partial charge in [-0.3, -0.25) is 4.98 Å². The van der Waals surface area contributed by atoms with E-state index in [1.165, 1.54) is 4.88 Å². The molecule has 2 heterocycles. The molecule has 2 aromatic rings. The lowest BCUT2D eigenvalue weighted by atomic mass is 10.1. The van der Waals surface area contributed by atoms with Crippen LogP contribution >= 0.6 is 43.2 Å². The summed E-state index contributed by atoms with van der Waals surface area (Å²) in [6, 6.07) is 8.07. The Bertz CT molecular complexity index is 467. The molecule has 2 rings (SSSR count). The average Bonchev–Trinajstić information content (AvgIpc) is 2.68. The van der Waals surface area contributed by atoms with E-state index in [9.17, 15) is 0 Å². The molecule has 2 aromatic heterocycles. The highest BCUT2D eigenvalue weighted by molar-refractivity contribution is 9.11. The first-order valence-corrected chi connectivity index (χ1v) is 7.16. The van der Waals surface area contributed by atoms with Crippen molar-refractivity contribution >= 4 is 43.2 Å². The van der Waals surface area contributed by atoms with E-state index in [0.29, 0.717) is 0 Å². The third-order valence-corrected chi connectivity index (χ3v) is 4.40. The highest BCUT2D eigenvalue weighted by Gasteiger charge is 2.10. The second-order valence-electron chi connectivity index (χ2n) is 3.42. The van der Waals surface area contributed by atoms with Gasteiger partial charge in [-0.1, -0.05) is 0 Å². The van der Waals surface area contributed by atoms with E-state index in [2.05, 4.69) is 42.9 Å². The number of nitrogens with two attached hydrogens (primary N) is 1. The van der Waals surface area contributed by atoms with Crippen molar-refractivity contribution in [1.29, 1.82) is 0 Å². The van der Waals surface area contributed by atoms with Crippen LogP contribution in [0.5, 0.6) is 0 Å². The molecule has 0 aliphatic rings. The Labute approximate surface area is 115 Å². The SMILES string of the molecule is NC(Cc1ccc(Br)cn1)c1ccc(Br)s1. The summed E-state index contributed by atoms with van der Waals surface area (Å²) in [7, 11) is 0. The zero-order valence-electron chi connectivity index (χ0n) is 8.36. The number of aromatic nitrogens is 1. The second kappa shape index (κ2) is 5.40. The minimum atomic E-state index is 0.0185. The molecule has 0 aliphatic heterocycles. The average molecular weight is 362 g/mol. The molecule has 0 aromatic carbocycles. The van der Waals surface area contributed by atoms with Crippen molar-refractivity contribution in [2.75, 3.05) is 0 Å². The third kappa shape index (κ3) is 3.13. The normalized spacial score (nSPS) is 12.7. The maximum Gasteiger partial charge on any atom is 0.0701 e. The fourth-order valence-electron chi connectivity index (χ4n) is 1.38. The van der Waals surface area contributed by atoms with Crippen molar-refractivity contribution in [2.24, 2.45) is 5.73 Å². The van der Waals surface area contributed by atoms with Gasteiger partial charge in [-0.25, -0.2) is 0 Å². The lowest BCUT2D eigenvalue weighted by molar-refractivity contribution is 0.720. The summed E-state index contributed by atoms with van der Waals surface area (Å²) in [5.74, 6) is 0.